The predicted octanol–water partition coefficient (Wildman–Crippen LogP) is 2.63. The van der Waals surface area contributed by atoms with Crippen molar-refractivity contribution in [2.45, 2.75) is 6.42 Å². The number of hydrogen-bond donors (Lipinski definition) is 3. The van der Waals surface area contributed by atoms with Gasteiger partial charge in [-0.15, -0.1) is 0 Å². The number of nitrogens with two attached hydrogens (primary N) is 1. The Hall–Kier alpha value is -3.81. The summed E-state index contributed by atoms with van der Waals surface area (Å²) in [6.45, 7) is 0. The summed E-state index contributed by atoms with van der Waals surface area (Å²) in [7, 11) is 0. The molecule has 136 valence electrons. The molecule has 0 saturated carbocycles. The summed E-state index contributed by atoms with van der Waals surface area (Å²) >= 11 is 0. The van der Waals surface area contributed by atoms with E-state index in [0.29, 0.717) is 11.3 Å². The topological polar surface area (TPSA) is 110 Å². The van der Waals surface area contributed by atoms with Gasteiger partial charge >= 0.3 is 0 Å². The minimum Gasteiger partial charge on any atom is -0.382 e. The highest BCUT2D eigenvalue weighted by Gasteiger charge is 2.12. The number of hydrogen-bond acceptors (Lipinski definition) is 5. The molecule has 0 spiro atoms. The number of nitrogens with zero attached hydrogens (tertiary/aromatic N) is 2. The monoisotopic (exact) mass is 365 g/mol. The number of nitrogen functional groups attached to an aromatic ring is 1. The average Bonchev–Trinajstić information content (AvgIpc) is 2.65. The smallest absolute Gasteiger partial charge is 0.278 e. The van der Waals surface area contributed by atoms with Gasteiger partial charge in [-0.1, -0.05) is 24.3 Å². The molecular formula is C19H16FN5O2. The van der Waals surface area contributed by atoms with Crippen LogP contribution in [-0.4, -0.2) is 21.8 Å². The van der Waals surface area contributed by atoms with Crippen molar-refractivity contribution in [1.82, 2.24) is 9.97 Å². The number of carbonyl (C=O) groups is 2. The van der Waals surface area contributed by atoms with E-state index in [0.717, 1.165) is 0 Å². The van der Waals surface area contributed by atoms with Crippen LogP contribution in [0.2, 0.25) is 0 Å². The number of para-hydroxylation sites is 1. The Labute approximate surface area is 154 Å². The normalized spacial score (nSPS) is 10.3. The van der Waals surface area contributed by atoms with E-state index in [2.05, 4.69) is 20.6 Å². The first-order valence-corrected chi connectivity index (χ1v) is 8.04. The zero-order chi connectivity index (χ0) is 19.2. The van der Waals surface area contributed by atoms with Crippen molar-refractivity contribution in [2.75, 3.05) is 16.4 Å². The fourth-order valence-corrected chi connectivity index (χ4v) is 2.36. The number of benzene rings is 2. The van der Waals surface area contributed by atoms with Crippen LogP contribution in [-0.2, 0) is 11.2 Å². The van der Waals surface area contributed by atoms with Crippen molar-refractivity contribution in [3.8, 4) is 0 Å². The van der Waals surface area contributed by atoms with Crippen molar-refractivity contribution in [2.24, 2.45) is 0 Å². The second-order valence-corrected chi connectivity index (χ2v) is 5.65. The van der Waals surface area contributed by atoms with Crippen molar-refractivity contribution in [3.05, 3.63) is 78.0 Å². The van der Waals surface area contributed by atoms with Crippen molar-refractivity contribution < 1.29 is 14.0 Å². The standard InChI is InChI=1S/C19H16FN5O2/c20-14-3-1-2-4-15(14)25-16(26)11-12-5-7-13(8-6-12)24-19(27)17-18(21)23-10-9-22-17/h1-10H,11H2,(H2,21,23)(H,24,27)(H,25,26). The van der Waals surface area contributed by atoms with Crippen molar-refractivity contribution in [3.63, 3.8) is 0 Å². The average molecular weight is 365 g/mol. The van der Waals surface area contributed by atoms with E-state index in [1.54, 1.807) is 36.4 Å². The third kappa shape index (κ3) is 4.63. The van der Waals surface area contributed by atoms with Crippen molar-refractivity contribution in [1.29, 1.82) is 0 Å². The quantitative estimate of drug-likeness (QED) is 0.644. The van der Waals surface area contributed by atoms with Gasteiger partial charge < -0.3 is 16.4 Å². The van der Waals surface area contributed by atoms with E-state index < -0.39 is 11.7 Å². The van der Waals surface area contributed by atoms with Gasteiger partial charge in [-0.3, -0.25) is 9.59 Å². The Bertz CT molecular complexity index is 976. The lowest BCUT2D eigenvalue weighted by atomic mass is 10.1. The van der Waals surface area contributed by atoms with E-state index in [1.807, 2.05) is 0 Å². The molecule has 3 rings (SSSR count). The van der Waals surface area contributed by atoms with Crippen LogP contribution in [0.3, 0.4) is 0 Å². The molecule has 0 saturated heterocycles. The Morgan fingerprint density at radius 2 is 1.67 bits per heavy atom. The molecule has 27 heavy (non-hydrogen) atoms. The molecule has 1 heterocycles. The van der Waals surface area contributed by atoms with Crippen LogP contribution in [0.4, 0.5) is 21.6 Å². The number of amides is 2. The minimum absolute atomic E-state index is 0.0332. The van der Waals surface area contributed by atoms with Gasteiger partial charge in [0.2, 0.25) is 5.91 Å². The molecular weight excluding hydrogens is 349 g/mol. The lowest BCUT2D eigenvalue weighted by Crippen LogP contribution is -2.17. The first-order chi connectivity index (χ1) is 13.0. The molecule has 0 aliphatic heterocycles. The number of anilines is 3. The minimum atomic E-state index is -0.493. The van der Waals surface area contributed by atoms with Crippen molar-refractivity contribution >= 4 is 29.0 Å². The van der Waals surface area contributed by atoms with Gasteiger partial charge in [0.25, 0.3) is 5.91 Å². The molecule has 7 nitrogen and oxygen atoms in total. The Kier molecular flexibility index (Phi) is 5.36. The molecule has 2 aromatic carbocycles. The highest BCUT2D eigenvalue weighted by Crippen LogP contribution is 2.15. The summed E-state index contributed by atoms with van der Waals surface area (Å²) in [6, 6.07) is 12.6. The summed E-state index contributed by atoms with van der Waals surface area (Å²) in [4.78, 5) is 31.9. The molecule has 0 unspecified atom stereocenters. The van der Waals surface area contributed by atoms with Gasteiger partial charge in [-0.25, -0.2) is 14.4 Å². The van der Waals surface area contributed by atoms with E-state index in [1.165, 1.54) is 24.5 Å². The summed E-state index contributed by atoms with van der Waals surface area (Å²) in [5.41, 5.74) is 7.01. The molecule has 3 aromatic rings. The highest BCUT2D eigenvalue weighted by molar-refractivity contribution is 6.05. The first-order valence-electron chi connectivity index (χ1n) is 8.04. The summed E-state index contributed by atoms with van der Waals surface area (Å²) in [6.07, 6.45) is 2.84. The largest absolute Gasteiger partial charge is 0.382 e. The Morgan fingerprint density at radius 3 is 2.37 bits per heavy atom. The SMILES string of the molecule is Nc1nccnc1C(=O)Nc1ccc(CC(=O)Nc2ccccc2F)cc1. The predicted molar refractivity (Wildman–Crippen MR) is 99.6 cm³/mol. The summed E-state index contributed by atoms with van der Waals surface area (Å²) in [5, 5.41) is 5.18. The van der Waals surface area contributed by atoms with Gasteiger partial charge in [-0.05, 0) is 29.8 Å². The molecule has 0 atom stereocenters. The van der Waals surface area contributed by atoms with Crippen LogP contribution in [0.5, 0.6) is 0 Å². The number of halogens is 1. The maximum Gasteiger partial charge on any atom is 0.278 e. The van der Waals surface area contributed by atoms with Crippen LogP contribution in [0, 0.1) is 5.82 Å². The fourth-order valence-electron chi connectivity index (χ4n) is 2.36. The first kappa shape index (κ1) is 18.0. The molecule has 4 N–H and O–H groups in total. The maximum atomic E-state index is 13.6. The van der Waals surface area contributed by atoms with Gasteiger partial charge in [0, 0.05) is 18.1 Å². The number of aromatic nitrogens is 2. The van der Waals surface area contributed by atoms with Crippen LogP contribution in [0.15, 0.2) is 60.9 Å². The third-order valence-corrected chi connectivity index (χ3v) is 3.67. The second kappa shape index (κ2) is 8.05. The Morgan fingerprint density at radius 1 is 0.963 bits per heavy atom. The van der Waals surface area contributed by atoms with Crippen LogP contribution >= 0.6 is 0 Å². The van der Waals surface area contributed by atoms with Gasteiger partial charge in [0.15, 0.2) is 11.5 Å². The summed E-state index contributed by atoms with van der Waals surface area (Å²) in [5.74, 6) is -1.28. The molecule has 0 bridgehead atoms. The number of rotatable bonds is 5. The Balaban J connectivity index is 1.60. The maximum absolute atomic E-state index is 13.6. The fraction of sp³-hybridized carbons (Fsp3) is 0.0526. The molecule has 1 aromatic heterocycles. The molecule has 0 fully saturated rings. The highest BCUT2D eigenvalue weighted by atomic mass is 19.1. The zero-order valence-electron chi connectivity index (χ0n) is 14.1. The van der Waals surface area contributed by atoms with E-state index in [4.69, 9.17) is 5.73 Å². The van der Waals surface area contributed by atoms with Gasteiger partial charge in [0.1, 0.15) is 5.82 Å². The molecule has 2 amide bonds. The molecule has 0 aliphatic carbocycles. The van der Waals surface area contributed by atoms with E-state index in [9.17, 15) is 14.0 Å². The van der Waals surface area contributed by atoms with Gasteiger partial charge in [-0.2, -0.15) is 0 Å². The van der Waals surface area contributed by atoms with E-state index >= 15 is 0 Å². The van der Waals surface area contributed by atoms with Crippen LogP contribution < -0.4 is 16.4 Å². The number of carbonyl (C=O) groups excluding carboxylic acids is 2. The molecule has 0 aliphatic rings. The third-order valence-electron chi connectivity index (χ3n) is 3.67. The number of nitrogens with one attached hydrogen (secondary N) is 2. The molecule has 0 radical (unpaired) electrons. The van der Waals surface area contributed by atoms with E-state index in [-0.39, 0.29) is 29.5 Å². The summed E-state index contributed by atoms with van der Waals surface area (Å²) < 4.78 is 13.6. The second-order valence-electron chi connectivity index (χ2n) is 5.65. The lowest BCUT2D eigenvalue weighted by molar-refractivity contribution is -0.115. The van der Waals surface area contributed by atoms with Gasteiger partial charge in [0.05, 0.1) is 12.1 Å². The van der Waals surface area contributed by atoms with Crippen LogP contribution in [0.1, 0.15) is 16.1 Å². The zero-order valence-corrected chi connectivity index (χ0v) is 14.1. The lowest BCUT2D eigenvalue weighted by Gasteiger charge is -2.08. The molecule has 8 heteroatoms. The van der Waals surface area contributed by atoms with Crippen LogP contribution in [0.25, 0.3) is 0 Å².